The molecule has 28 heavy (non-hydrogen) atoms. The number of nitriles is 1. The number of likely N-dealkylation sites (tertiary alicyclic amines) is 1. The summed E-state index contributed by atoms with van der Waals surface area (Å²) in [7, 11) is 0. The van der Waals surface area contributed by atoms with E-state index in [-0.39, 0.29) is 11.9 Å². The maximum Gasteiger partial charge on any atom is 0.341 e. The minimum absolute atomic E-state index is 0.271. The van der Waals surface area contributed by atoms with Crippen LogP contribution >= 0.6 is 0 Å². The van der Waals surface area contributed by atoms with Gasteiger partial charge in [0.1, 0.15) is 23.4 Å². The highest BCUT2D eigenvalue weighted by molar-refractivity contribution is 5.79. The van der Waals surface area contributed by atoms with Crippen LogP contribution in [-0.2, 0) is 6.42 Å². The van der Waals surface area contributed by atoms with E-state index >= 15 is 0 Å². The Balaban J connectivity index is 1.38. The van der Waals surface area contributed by atoms with Crippen LogP contribution in [-0.4, -0.2) is 40.2 Å². The van der Waals surface area contributed by atoms with E-state index in [1.807, 2.05) is 12.1 Å². The molecular weight excluding hydrogens is 364 g/mol. The lowest BCUT2D eigenvalue weighted by atomic mass is 9.92. The Kier molecular flexibility index (Phi) is 4.74. The third-order valence-electron chi connectivity index (χ3n) is 4.99. The monoisotopic (exact) mass is 381 g/mol. The number of halogens is 2. The molecule has 0 N–H and O–H groups in total. The molecule has 2 aliphatic heterocycles. The zero-order valence-corrected chi connectivity index (χ0v) is 14.9. The summed E-state index contributed by atoms with van der Waals surface area (Å²) < 4.78 is 27.1. The van der Waals surface area contributed by atoms with E-state index in [4.69, 9.17) is 5.26 Å². The lowest BCUT2D eigenvalue weighted by molar-refractivity contribution is 0.0834. The van der Waals surface area contributed by atoms with Crippen molar-refractivity contribution in [1.82, 2.24) is 14.9 Å². The van der Waals surface area contributed by atoms with E-state index in [9.17, 15) is 13.6 Å². The van der Waals surface area contributed by atoms with Gasteiger partial charge >= 0.3 is 6.03 Å². The van der Waals surface area contributed by atoms with Crippen LogP contribution in [0.1, 0.15) is 29.3 Å². The minimum atomic E-state index is -0.674. The number of aromatic nitrogens is 1. The number of benzene rings is 1. The first kappa shape index (κ1) is 18.0. The molecule has 1 fully saturated rings. The second kappa shape index (κ2) is 7.35. The molecule has 142 valence electrons. The van der Waals surface area contributed by atoms with Gasteiger partial charge in [-0.2, -0.15) is 10.4 Å². The van der Waals surface area contributed by atoms with E-state index < -0.39 is 17.7 Å². The van der Waals surface area contributed by atoms with Crippen LogP contribution in [0.25, 0.3) is 0 Å². The van der Waals surface area contributed by atoms with Crippen molar-refractivity contribution >= 4 is 12.2 Å². The first-order chi connectivity index (χ1) is 13.5. The first-order valence-corrected chi connectivity index (χ1v) is 8.95. The van der Waals surface area contributed by atoms with Crippen molar-refractivity contribution in [3.05, 3.63) is 65.0 Å². The number of carbonyl (C=O) groups is 1. The predicted molar refractivity (Wildman–Crippen MR) is 97.2 cm³/mol. The number of hydrazone groups is 1. The van der Waals surface area contributed by atoms with Gasteiger partial charge in [0.15, 0.2) is 0 Å². The van der Waals surface area contributed by atoms with Crippen molar-refractivity contribution in [1.29, 1.82) is 5.26 Å². The number of nitrogens with zero attached hydrogens (tertiary/aromatic N) is 5. The lowest BCUT2D eigenvalue weighted by Crippen LogP contribution is -2.54. The van der Waals surface area contributed by atoms with Gasteiger partial charge in [-0.25, -0.2) is 23.6 Å². The molecule has 0 radical (unpaired) electrons. The zero-order valence-electron chi connectivity index (χ0n) is 14.9. The Morgan fingerprint density at radius 3 is 2.68 bits per heavy atom. The van der Waals surface area contributed by atoms with Crippen molar-refractivity contribution in [2.24, 2.45) is 11.0 Å². The van der Waals surface area contributed by atoms with Crippen LogP contribution in [0.2, 0.25) is 0 Å². The standard InChI is InChI=1S/C20H17F2N5O/c21-16-7-15(8-17(22)9-16)19-2-4-25-27(19)20(28)26-11-14(12-26)5-13-1-3-24-18(6-13)10-23/h1,3-4,6-9,14,19H,2,5,11-12H2/t19-/m0/s1. The normalized spacial score (nSPS) is 18.8. The van der Waals surface area contributed by atoms with Crippen LogP contribution in [0, 0.1) is 28.9 Å². The summed E-state index contributed by atoms with van der Waals surface area (Å²) in [4.78, 5) is 18.4. The molecule has 1 saturated heterocycles. The van der Waals surface area contributed by atoms with Crippen LogP contribution in [0.3, 0.4) is 0 Å². The van der Waals surface area contributed by atoms with Gasteiger partial charge < -0.3 is 4.90 Å². The highest BCUT2D eigenvalue weighted by Gasteiger charge is 2.37. The summed E-state index contributed by atoms with van der Waals surface area (Å²) in [5.74, 6) is -1.06. The molecule has 1 aromatic heterocycles. The first-order valence-electron chi connectivity index (χ1n) is 8.95. The summed E-state index contributed by atoms with van der Waals surface area (Å²) in [6.45, 7) is 1.14. The molecule has 8 heteroatoms. The number of pyridine rings is 1. The smallest absolute Gasteiger partial charge is 0.322 e. The van der Waals surface area contributed by atoms with Crippen molar-refractivity contribution in [2.75, 3.05) is 13.1 Å². The second-order valence-corrected chi connectivity index (χ2v) is 7.02. The molecule has 0 bridgehead atoms. The van der Waals surface area contributed by atoms with E-state index in [0.29, 0.717) is 30.8 Å². The van der Waals surface area contributed by atoms with E-state index in [1.54, 1.807) is 23.4 Å². The quantitative estimate of drug-likeness (QED) is 0.819. The fourth-order valence-corrected chi connectivity index (χ4v) is 3.64. The molecule has 0 aliphatic carbocycles. The van der Waals surface area contributed by atoms with Crippen LogP contribution in [0.4, 0.5) is 13.6 Å². The maximum absolute atomic E-state index is 13.5. The van der Waals surface area contributed by atoms with Crippen LogP contribution in [0.15, 0.2) is 41.6 Å². The molecule has 2 aliphatic rings. The van der Waals surface area contributed by atoms with Gasteiger partial charge in [0.05, 0.1) is 6.04 Å². The van der Waals surface area contributed by atoms with E-state index in [2.05, 4.69) is 10.1 Å². The maximum atomic E-state index is 13.5. The molecule has 2 amide bonds. The number of amides is 2. The van der Waals surface area contributed by atoms with Crippen LogP contribution < -0.4 is 0 Å². The predicted octanol–water partition coefficient (Wildman–Crippen LogP) is 3.26. The van der Waals surface area contributed by atoms with Crippen molar-refractivity contribution in [2.45, 2.75) is 18.9 Å². The minimum Gasteiger partial charge on any atom is -0.322 e. The van der Waals surface area contributed by atoms with Gasteiger partial charge in [-0.1, -0.05) is 0 Å². The number of rotatable bonds is 3. The summed E-state index contributed by atoms with van der Waals surface area (Å²) in [5, 5.41) is 14.3. The number of hydrogen-bond acceptors (Lipinski definition) is 4. The molecule has 1 atom stereocenters. The average Bonchev–Trinajstić information content (AvgIpc) is 3.13. The van der Waals surface area contributed by atoms with Gasteiger partial charge in [-0.05, 0) is 47.7 Å². The number of urea groups is 1. The lowest BCUT2D eigenvalue weighted by Gasteiger charge is -2.41. The third kappa shape index (κ3) is 3.56. The fraction of sp³-hybridized carbons (Fsp3) is 0.300. The summed E-state index contributed by atoms with van der Waals surface area (Å²) in [6, 6.07) is 8.14. The Bertz CT molecular complexity index is 961. The highest BCUT2D eigenvalue weighted by atomic mass is 19.1. The topological polar surface area (TPSA) is 72.6 Å². The van der Waals surface area contributed by atoms with Crippen molar-refractivity contribution < 1.29 is 13.6 Å². The SMILES string of the molecule is N#Cc1cc(CC2CN(C(=O)N3N=CC[C@H]3c3cc(F)cc(F)c3)C2)ccn1. The molecular formula is C20H17F2N5O. The van der Waals surface area contributed by atoms with Gasteiger partial charge in [0.25, 0.3) is 0 Å². The van der Waals surface area contributed by atoms with E-state index in [0.717, 1.165) is 18.1 Å². The van der Waals surface area contributed by atoms with Gasteiger partial charge in [-0.3, -0.25) is 0 Å². The van der Waals surface area contributed by atoms with Gasteiger partial charge in [0, 0.05) is 38.0 Å². The summed E-state index contributed by atoms with van der Waals surface area (Å²) in [5.41, 5.74) is 1.78. The fourth-order valence-electron chi connectivity index (χ4n) is 3.64. The molecule has 0 spiro atoms. The molecule has 0 unspecified atom stereocenters. The Labute approximate surface area is 160 Å². The van der Waals surface area contributed by atoms with Crippen molar-refractivity contribution in [3.8, 4) is 6.07 Å². The molecule has 3 heterocycles. The van der Waals surface area contributed by atoms with E-state index in [1.165, 1.54) is 17.1 Å². The average molecular weight is 381 g/mol. The zero-order chi connectivity index (χ0) is 19.7. The van der Waals surface area contributed by atoms with Crippen molar-refractivity contribution in [3.63, 3.8) is 0 Å². The second-order valence-electron chi connectivity index (χ2n) is 7.02. The number of hydrogen-bond donors (Lipinski definition) is 0. The Morgan fingerprint density at radius 1 is 1.21 bits per heavy atom. The van der Waals surface area contributed by atoms with Crippen LogP contribution in [0.5, 0.6) is 0 Å². The Morgan fingerprint density at radius 2 is 1.96 bits per heavy atom. The molecule has 0 saturated carbocycles. The largest absolute Gasteiger partial charge is 0.341 e. The highest BCUT2D eigenvalue weighted by Crippen LogP contribution is 2.32. The number of carbonyl (C=O) groups excluding carboxylic acids is 1. The van der Waals surface area contributed by atoms with Gasteiger partial charge in [-0.15, -0.1) is 0 Å². The summed E-state index contributed by atoms with van der Waals surface area (Å²) in [6.07, 6.45) is 4.36. The van der Waals surface area contributed by atoms with Gasteiger partial charge in [0.2, 0.25) is 0 Å². The molecule has 6 nitrogen and oxygen atoms in total. The molecule has 4 rings (SSSR count). The third-order valence-corrected chi connectivity index (χ3v) is 4.99. The molecule has 1 aromatic carbocycles. The summed E-state index contributed by atoms with van der Waals surface area (Å²) >= 11 is 0. The molecule has 2 aromatic rings. The Hall–Kier alpha value is -3.34.